The van der Waals surface area contributed by atoms with Crippen LogP contribution in [-0.4, -0.2) is 17.8 Å². The fourth-order valence-electron chi connectivity index (χ4n) is 2.22. The van der Waals surface area contributed by atoms with Crippen molar-refractivity contribution in [1.29, 1.82) is 0 Å². The van der Waals surface area contributed by atoms with E-state index in [1.165, 1.54) is 11.1 Å². The predicted molar refractivity (Wildman–Crippen MR) is 77.8 cm³/mol. The van der Waals surface area contributed by atoms with Crippen molar-refractivity contribution in [3.63, 3.8) is 0 Å². The van der Waals surface area contributed by atoms with Gasteiger partial charge in [-0.2, -0.15) is 0 Å². The summed E-state index contributed by atoms with van der Waals surface area (Å²) < 4.78 is 0. The molecule has 102 valence electrons. The van der Waals surface area contributed by atoms with Crippen molar-refractivity contribution in [1.82, 2.24) is 0 Å². The number of aliphatic hydroxyl groups excluding tert-OH is 1. The maximum absolute atomic E-state index is 10.3. The summed E-state index contributed by atoms with van der Waals surface area (Å²) in [7, 11) is 0. The van der Waals surface area contributed by atoms with Crippen molar-refractivity contribution < 1.29 is 5.11 Å². The minimum absolute atomic E-state index is 0.0584. The van der Waals surface area contributed by atoms with Crippen LogP contribution in [0.5, 0.6) is 0 Å². The highest BCUT2D eigenvalue weighted by molar-refractivity contribution is 5.32. The predicted octanol–water partition coefficient (Wildman–Crippen LogP) is 3.14. The molecule has 0 aliphatic carbocycles. The second-order valence-electron chi connectivity index (χ2n) is 5.72. The summed E-state index contributed by atoms with van der Waals surface area (Å²) in [5.74, 6) is 0.681. The van der Waals surface area contributed by atoms with Crippen molar-refractivity contribution in [3.8, 4) is 0 Å². The Morgan fingerprint density at radius 2 is 1.78 bits per heavy atom. The van der Waals surface area contributed by atoms with E-state index in [4.69, 9.17) is 5.73 Å². The Morgan fingerprint density at radius 3 is 2.28 bits per heavy atom. The zero-order valence-electron chi connectivity index (χ0n) is 12.1. The largest absolute Gasteiger partial charge is 0.392 e. The van der Waals surface area contributed by atoms with Crippen LogP contribution in [0.3, 0.4) is 0 Å². The summed E-state index contributed by atoms with van der Waals surface area (Å²) in [4.78, 5) is 0. The van der Waals surface area contributed by atoms with Crippen LogP contribution >= 0.6 is 0 Å². The van der Waals surface area contributed by atoms with E-state index in [1.54, 1.807) is 0 Å². The first-order valence-corrected chi connectivity index (χ1v) is 6.91. The zero-order chi connectivity index (χ0) is 13.7. The number of aryl methyl sites for hydroxylation is 2. The molecule has 2 nitrogen and oxygen atoms in total. The van der Waals surface area contributed by atoms with E-state index in [0.717, 1.165) is 18.4 Å². The van der Waals surface area contributed by atoms with Crippen molar-refractivity contribution >= 4 is 0 Å². The molecule has 0 fully saturated rings. The molecule has 2 heteroatoms. The SMILES string of the molecule is Cc1ccc(C(CN)C(O)CCC(C)C)cc1C. The molecule has 0 spiro atoms. The third-order valence-electron chi connectivity index (χ3n) is 3.72. The number of rotatable bonds is 6. The van der Waals surface area contributed by atoms with E-state index in [1.807, 2.05) is 0 Å². The molecule has 2 unspecified atom stereocenters. The van der Waals surface area contributed by atoms with Crippen molar-refractivity contribution in [2.24, 2.45) is 11.7 Å². The highest BCUT2D eigenvalue weighted by Crippen LogP contribution is 2.24. The summed E-state index contributed by atoms with van der Waals surface area (Å²) in [5, 5.41) is 10.3. The fourth-order valence-corrected chi connectivity index (χ4v) is 2.22. The molecule has 0 aliphatic heterocycles. The maximum Gasteiger partial charge on any atom is 0.0621 e. The second kappa shape index (κ2) is 6.91. The van der Waals surface area contributed by atoms with Crippen molar-refractivity contribution in [2.45, 2.75) is 52.6 Å². The second-order valence-corrected chi connectivity index (χ2v) is 5.72. The molecule has 0 saturated carbocycles. The van der Waals surface area contributed by atoms with Gasteiger partial charge in [0.05, 0.1) is 6.10 Å². The summed E-state index contributed by atoms with van der Waals surface area (Å²) in [6, 6.07) is 6.37. The van der Waals surface area contributed by atoms with E-state index < -0.39 is 0 Å². The van der Waals surface area contributed by atoms with Gasteiger partial charge < -0.3 is 10.8 Å². The normalized spacial score (nSPS) is 14.8. The molecule has 1 aromatic carbocycles. The van der Waals surface area contributed by atoms with Gasteiger partial charge in [0, 0.05) is 12.5 Å². The van der Waals surface area contributed by atoms with Crippen LogP contribution < -0.4 is 5.73 Å². The van der Waals surface area contributed by atoms with E-state index in [9.17, 15) is 5.11 Å². The van der Waals surface area contributed by atoms with Crippen LogP contribution in [0, 0.1) is 19.8 Å². The highest BCUT2D eigenvalue weighted by atomic mass is 16.3. The van der Waals surface area contributed by atoms with Crippen LogP contribution in [0.4, 0.5) is 0 Å². The smallest absolute Gasteiger partial charge is 0.0621 e. The number of aliphatic hydroxyl groups is 1. The molecule has 0 saturated heterocycles. The van der Waals surface area contributed by atoms with Crippen LogP contribution in [0.1, 0.15) is 49.3 Å². The standard InChI is InChI=1S/C16H27NO/c1-11(2)5-8-16(18)15(10-17)14-7-6-12(3)13(4)9-14/h6-7,9,11,15-16,18H,5,8,10,17H2,1-4H3. The third-order valence-corrected chi connectivity index (χ3v) is 3.72. The first-order valence-electron chi connectivity index (χ1n) is 6.91. The topological polar surface area (TPSA) is 46.2 Å². The van der Waals surface area contributed by atoms with Crippen molar-refractivity contribution in [2.75, 3.05) is 6.54 Å². The Bertz CT molecular complexity index is 373. The monoisotopic (exact) mass is 249 g/mol. The van der Waals surface area contributed by atoms with E-state index in [2.05, 4.69) is 45.9 Å². The van der Waals surface area contributed by atoms with E-state index in [-0.39, 0.29) is 12.0 Å². The van der Waals surface area contributed by atoms with Gasteiger partial charge in [0.2, 0.25) is 0 Å². The molecular formula is C16H27NO. The molecule has 0 heterocycles. The van der Waals surface area contributed by atoms with Gasteiger partial charge in [-0.1, -0.05) is 32.0 Å². The Morgan fingerprint density at radius 1 is 1.11 bits per heavy atom. The summed E-state index contributed by atoms with van der Waals surface area (Å²) in [6.45, 7) is 9.07. The molecular weight excluding hydrogens is 222 g/mol. The van der Waals surface area contributed by atoms with Gasteiger partial charge in [0.1, 0.15) is 0 Å². The number of benzene rings is 1. The Balaban J connectivity index is 2.78. The Hall–Kier alpha value is -0.860. The summed E-state index contributed by atoms with van der Waals surface area (Å²) >= 11 is 0. The average molecular weight is 249 g/mol. The molecule has 18 heavy (non-hydrogen) atoms. The maximum atomic E-state index is 10.3. The van der Waals surface area contributed by atoms with Gasteiger partial charge in [0.25, 0.3) is 0 Å². The lowest BCUT2D eigenvalue weighted by atomic mass is 9.88. The zero-order valence-corrected chi connectivity index (χ0v) is 12.1. The molecule has 1 aromatic rings. The molecule has 0 bridgehead atoms. The van der Waals surface area contributed by atoms with Crippen LogP contribution in [0.15, 0.2) is 18.2 Å². The van der Waals surface area contributed by atoms with E-state index in [0.29, 0.717) is 12.5 Å². The fraction of sp³-hybridized carbons (Fsp3) is 0.625. The third kappa shape index (κ3) is 4.11. The molecule has 0 radical (unpaired) electrons. The average Bonchev–Trinajstić information content (AvgIpc) is 2.32. The van der Waals surface area contributed by atoms with Crippen LogP contribution in [0.25, 0.3) is 0 Å². The van der Waals surface area contributed by atoms with Crippen LogP contribution in [0.2, 0.25) is 0 Å². The quantitative estimate of drug-likeness (QED) is 0.813. The minimum Gasteiger partial charge on any atom is -0.392 e. The lowest BCUT2D eigenvalue weighted by Crippen LogP contribution is -2.26. The lowest BCUT2D eigenvalue weighted by molar-refractivity contribution is 0.129. The Labute approximate surface area is 111 Å². The van der Waals surface area contributed by atoms with Gasteiger partial charge >= 0.3 is 0 Å². The first kappa shape index (κ1) is 15.2. The number of hydrogen-bond acceptors (Lipinski definition) is 2. The number of nitrogens with two attached hydrogens (primary N) is 1. The first-order chi connectivity index (χ1) is 8.45. The Kier molecular flexibility index (Phi) is 5.83. The van der Waals surface area contributed by atoms with Gasteiger partial charge in [-0.3, -0.25) is 0 Å². The van der Waals surface area contributed by atoms with Gasteiger partial charge in [-0.15, -0.1) is 0 Å². The molecule has 0 amide bonds. The van der Waals surface area contributed by atoms with Gasteiger partial charge in [-0.25, -0.2) is 0 Å². The highest BCUT2D eigenvalue weighted by Gasteiger charge is 2.20. The molecule has 0 aliphatic rings. The number of hydrogen-bond donors (Lipinski definition) is 2. The molecule has 1 rings (SSSR count). The molecule has 3 N–H and O–H groups in total. The summed E-state index contributed by atoms with van der Waals surface area (Å²) in [5.41, 5.74) is 9.55. The van der Waals surface area contributed by atoms with Crippen molar-refractivity contribution in [3.05, 3.63) is 34.9 Å². The van der Waals surface area contributed by atoms with Crippen LogP contribution in [-0.2, 0) is 0 Å². The molecule has 2 atom stereocenters. The minimum atomic E-state index is -0.334. The summed E-state index contributed by atoms with van der Waals surface area (Å²) in [6.07, 6.45) is 1.54. The molecule has 0 aromatic heterocycles. The van der Waals surface area contributed by atoms with E-state index >= 15 is 0 Å². The lowest BCUT2D eigenvalue weighted by Gasteiger charge is -2.23. The van der Waals surface area contributed by atoms with Gasteiger partial charge in [-0.05, 0) is 49.3 Å². The van der Waals surface area contributed by atoms with Gasteiger partial charge in [0.15, 0.2) is 0 Å².